The van der Waals surface area contributed by atoms with Gasteiger partial charge < -0.3 is 20.3 Å². The molecule has 0 aliphatic heterocycles. The van der Waals surface area contributed by atoms with Gasteiger partial charge in [-0.05, 0) is 55.2 Å². The zero-order valence-corrected chi connectivity index (χ0v) is 19.1. The van der Waals surface area contributed by atoms with Crippen LogP contribution in [0.2, 0.25) is 5.02 Å². The molecule has 3 aromatic rings. The van der Waals surface area contributed by atoms with Crippen molar-refractivity contribution in [2.24, 2.45) is 0 Å². The van der Waals surface area contributed by atoms with Crippen molar-refractivity contribution in [1.29, 1.82) is 0 Å². The van der Waals surface area contributed by atoms with Crippen molar-refractivity contribution < 1.29 is 14.9 Å². The topological polar surface area (TPSA) is 99.5 Å². The lowest BCUT2D eigenvalue weighted by Crippen LogP contribution is -2.40. The van der Waals surface area contributed by atoms with E-state index in [0.717, 1.165) is 29.7 Å². The predicted molar refractivity (Wildman–Crippen MR) is 127 cm³/mol. The van der Waals surface area contributed by atoms with Crippen LogP contribution >= 0.6 is 11.6 Å². The van der Waals surface area contributed by atoms with Crippen LogP contribution < -0.4 is 15.4 Å². The molecule has 0 amide bonds. The van der Waals surface area contributed by atoms with Gasteiger partial charge >= 0.3 is 0 Å². The number of aliphatic hydroxyl groups is 2. The number of aliphatic hydroxyl groups excluding tert-OH is 2. The third-order valence-electron chi connectivity index (χ3n) is 5.73. The second-order valence-electron chi connectivity index (χ2n) is 8.24. The first-order valence-electron chi connectivity index (χ1n) is 10.7. The van der Waals surface area contributed by atoms with Crippen LogP contribution in [0.3, 0.4) is 0 Å². The number of nitrogens with zero attached hydrogens (tertiary/aromatic N) is 2. The molecule has 1 fully saturated rings. The molecule has 1 aliphatic carbocycles. The monoisotopic (exact) mass is 466 g/mol. The van der Waals surface area contributed by atoms with Crippen LogP contribution in [0.1, 0.15) is 48.8 Å². The lowest BCUT2D eigenvalue weighted by molar-refractivity contribution is 0.122. The minimum Gasteiger partial charge on any atom is -0.456 e. The summed E-state index contributed by atoms with van der Waals surface area (Å²) in [5, 5.41) is 27.2. The van der Waals surface area contributed by atoms with Gasteiger partial charge in [0.25, 0.3) is 0 Å². The van der Waals surface area contributed by atoms with Gasteiger partial charge in [0.2, 0.25) is 0 Å². The Hall–Kier alpha value is -2.97. The van der Waals surface area contributed by atoms with E-state index in [2.05, 4.69) is 27.2 Å². The molecule has 1 aliphatic rings. The second kappa shape index (κ2) is 9.89. The summed E-state index contributed by atoms with van der Waals surface area (Å²) in [6.45, 7) is 6.46. The van der Waals surface area contributed by atoms with Gasteiger partial charge in [0.15, 0.2) is 0 Å². The van der Waals surface area contributed by atoms with Gasteiger partial charge in [0.1, 0.15) is 24.1 Å². The van der Waals surface area contributed by atoms with Gasteiger partial charge in [-0.3, -0.25) is 5.32 Å². The maximum Gasteiger partial charge on any atom is 0.146 e. The lowest BCUT2D eigenvalue weighted by atomic mass is 10.1. The molecular formula is C25H27ClN4O3. The molecule has 0 saturated heterocycles. The number of hydrogen-bond acceptors (Lipinski definition) is 7. The highest BCUT2D eigenvalue weighted by Gasteiger charge is 2.46. The molecule has 0 bridgehead atoms. The Balaban J connectivity index is 1.31. The minimum absolute atomic E-state index is 0.340. The van der Waals surface area contributed by atoms with Crippen molar-refractivity contribution in [1.82, 2.24) is 20.6 Å². The van der Waals surface area contributed by atoms with Crippen LogP contribution in [-0.2, 0) is 6.54 Å². The maximum absolute atomic E-state index is 10.4. The average Bonchev–Trinajstić information content (AvgIpc) is 3.60. The number of aromatic nitrogens is 2. The Morgan fingerprint density at radius 1 is 1.12 bits per heavy atom. The third-order valence-corrected chi connectivity index (χ3v) is 6.03. The fourth-order valence-electron chi connectivity index (χ4n) is 3.50. The van der Waals surface area contributed by atoms with E-state index < -0.39 is 12.3 Å². The lowest BCUT2D eigenvalue weighted by Gasteiger charge is -2.25. The van der Waals surface area contributed by atoms with Crippen LogP contribution in [0.4, 0.5) is 0 Å². The summed E-state index contributed by atoms with van der Waals surface area (Å²) in [5.41, 5.74) is 2.91. The SMILES string of the molecule is C=C(NCc1ccc(Oc2ccc(C(C)O)cc2Cl)cc1)C1(NC(O)c2cncnc2)CC1. The van der Waals surface area contributed by atoms with E-state index in [1.54, 1.807) is 37.5 Å². The Labute approximate surface area is 198 Å². The molecule has 1 saturated carbocycles. The highest BCUT2D eigenvalue weighted by atomic mass is 35.5. The number of benzene rings is 2. The summed E-state index contributed by atoms with van der Waals surface area (Å²) in [4.78, 5) is 7.90. The highest BCUT2D eigenvalue weighted by molar-refractivity contribution is 6.32. The van der Waals surface area contributed by atoms with E-state index in [4.69, 9.17) is 16.3 Å². The molecule has 0 radical (unpaired) electrons. The molecule has 2 atom stereocenters. The molecule has 8 heteroatoms. The number of ether oxygens (including phenoxy) is 1. The fourth-order valence-corrected chi connectivity index (χ4v) is 3.72. The summed E-state index contributed by atoms with van der Waals surface area (Å²) >= 11 is 6.28. The minimum atomic E-state index is -0.856. The van der Waals surface area contributed by atoms with E-state index in [0.29, 0.717) is 28.6 Å². The van der Waals surface area contributed by atoms with Crippen LogP contribution in [0.25, 0.3) is 0 Å². The highest BCUT2D eigenvalue weighted by Crippen LogP contribution is 2.42. The molecule has 2 aromatic carbocycles. The first kappa shape index (κ1) is 23.2. The number of hydrogen-bond donors (Lipinski definition) is 4. The smallest absolute Gasteiger partial charge is 0.146 e. The zero-order valence-electron chi connectivity index (χ0n) is 18.3. The third kappa shape index (κ3) is 5.69. The fraction of sp³-hybridized carbons (Fsp3) is 0.280. The number of rotatable bonds is 10. The van der Waals surface area contributed by atoms with Crippen LogP contribution in [0.15, 0.2) is 73.5 Å². The van der Waals surface area contributed by atoms with E-state index >= 15 is 0 Å². The average molecular weight is 467 g/mol. The van der Waals surface area contributed by atoms with E-state index in [-0.39, 0.29) is 5.54 Å². The van der Waals surface area contributed by atoms with Gasteiger partial charge in [-0.1, -0.05) is 36.4 Å². The molecule has 33 heavy (non-hydrogen) atoms. The van der Waals surface area contributed by atoms with Crippen LogP contribution in [0, 0.1) is 0 Å². The van der Waals surface area contributed by atoms with Gasteiger partial charge in [0.05, 0.1) is 16.7 Å². The second-order valence-corrected chi connectivity index (χ2v) is 8.65. The molecular weight excluding hydrogens is 440 g/mol. The summed E-state index contributed by atoms with van der Waals surface area (Å²) < 4.78 is 5.87. The quantitative estimate of drug-likeness (QED) is 0.329. The Morgan fingerprint density at radius 3 is 2.42 bits per heavy atom. The summed E-state index contributed by atoms with van der Waals surface area (Å²) in [6, 6.07) is 12.9. The van der Waals surface area contributed by atoms with E-state index in [9.17, 15) is 10.2 Å². The predicted octanol–water partition coefficient (Wildman–Crippen LogP) is 4.39. The first-order chi connectivity index (χ1) is 15.9. The summed E-state index contributed by atoms with van der Waals surface area (Å²) in [5.74, 6) is 1.20. The van der Waals surface area contributed by atoms with Crippen molar-refractivity contribution in [3.8, 4) is 11.5 Å². The molecule has 7 nitrogen and oxygen atoms in total. The normalized spacial score (nSPS) is 16.0. The van der Waals surface area contributed by atoms with Gasteiger partial charge in [0, 0.05) is 30.2 Å². The van der Waals surface area contributed by atoms with Gasteiger partial charge in [-0.2, -0.15) is 0 Å². The number of nitrogens with one attached hydrogen (secondary N) is 2. The van der Waals surface area contributed by atoms with E-state index in [1.807, 2.05) is 24.3 Å². The van der Waals surface area contributed by atoms with Crippen LogP contribution in [0.5, 0.6) is 11.5 Å². The molecule has 4 N–H and O–H groups in total. The maximum atomic E-state index is 10.4. The molecule has 1 heterocycles. The first-order valence-corrected chi connectivity index (χ1v) is 11.1. The van der Waals surface area contributed by atoms with Crippen molar-refractivity contribution in [2.75, 3.05) is 0 Å². The van der Waals surface area contributed by atoms with Gasteiger partial charge in [-0.15, -0.1) is 0 Å². The molecule has 172 valence electrons. The molecule has 2 unspecified atom stereocenters. The summed E-state index contributed by atoms with van der Waals surface area (Å²) in [6.07, 6.45) is 4.96. The Bertz CT molecular complexity index is 1100. The molecule has 0 spiro atoms. The zero-order chi connectivity index (χ0) is 23.4. The number of halogens is 1. The largest absolute Gasteiger partial charge is 0.456 e. The van der Waals surface area contributed by atoms with Crippen molar-refractivity contribution in [3.63, 3.8) is 0 Å². The Kier molecular flexibility index (Phi) is 6.95. The van der Waals surface area contributed by atoms with Gasteiger partial charge in [-0.25, -0.2) is 9.97 Å². The van der Waals surface area contributed by atoms with Crippen molar-refractivity contribution >= 4 is 11.6 Å². The van der Waals surface area contributed by atoms with Crippen molar-refractivity contribution in [2.45, 2.75) is 44.2 Å². The van der Waals surface area contributed by atoms with Crippen LogP contribution in [-0.4, -0.2) is 25.7 Å². The standard InChI is InChI=1S/C25H27ClN4O3/c1-16(31)19-5-8-23(22(26)11-19)33-21-6-3-18(4-7-21)12-29-17(2)25(9-10-25)30-24(32)20-13-27-15-28-14-20/h3-8,11,13-16,24,29-32H,2,9-10,12H2,1H3. The summed E-state index contributed by atoms with van der Waals surface area (Å²) in [7, 11) is 0. The van der Waals surface area contributed by atoms with Crippen molar-refractivity contribution in [3.05, 3.63) is 95.2 Å². The molecule has 4 rings (SSSR count). The Morgan fingerprint density at radius 2 is 1.82 bits per heavy atom. The van der Waals surface area contributed by atoms with E-state index in [1.165, 1.54) is 6.33 Å². The molecule has 1 aromatic heterocycles.